The zero-order valence-corrected chi connectivity index (χ0v) is 8.43. The maximum atomic E-state index is 2.35. The molecule has 0 aliphatic heterocycles. The van der Waals surface area contributed by atoms with Crippen LogP contribution in [0.5, 0.6) is 0 Å². The number of hydrogen-bond acceptors (Lipinski definition) is 0. The van der Waals surface area contributed by atoms with E-state index in [0.717, 1.165) is 6.42 Å². The molecule has 0 heterocycles. The quantitative estimate of drug-likeness (QED) is 0.608. The SMILES string of the molecule is CCc1ccc2c(c1)=C(C)CCC=2. The molecule has 1 aliphatic rings. The molecule has 0 atom stereocenters. The van der Waals surface area contributed by atoms with Gasteiger partial charge in [0.15, 0.2) is 0 Å². The predicted molar refractivity (Wildman–Crippen MR) is 57.9 cm³/mol. The van der Waals surface area contributed by atoms with E-state index in [-0.39, 0.29) is 0 Å². The monoisotopic (exact) mass is 172 g/mol. The summed E-state index contributed by atoms with van der Waals surface area (Å²) >= 11 is 0. The van der Waals surface area contributed by atoms with Crippen molar-refractivity contribution in [3.8, 4) is 0 Å². The average molecular weight is 172 g/mol. The Hall–Kier alpha value is -1.04. The molecular formula is C13H16. The van der Waals surface area contributed by atoms with Crippen molar-refractivity contribution in [1.82, 2.24) is 0 Å². The van der Waals surface area contributed by atoms with E-state index < -0.39 is 0 Å². The second-order valence-electron chi connectivity index (χ2n) is 3.80. The van der Waals surface area contributed by atoms with Crippen LogP contribution in [0.25, 0.3) is 11.6 Å². The summed E-state index contributed by atoms with van der Waals surface area (Å²) in [7, 11) is 0. The van der Waals surface area contributed by atoms with E-state index in [0.29, 0.717) is 0 Å². The summed E-state index contributed by atoms with van der Waals surface area (Å²) in [6.45, 7) is 4.47. The largest absolute Gasteiger partial charge is 0.0763 e. The van der Waals surface area contributed by atoms with Gasteiger partial charge in [0, 0.05) is 0 Å². The Morgan fingerprint density at radius 3 is 2.92 bits per heavy atom. The lowest BCUT2D eigenvalue weighted by atomic mass is 9.99. The molecule has 0 amide bonds. The fraction of sp³-hybridized carbons (Fsp3) is 0.385. The van der Waals surface area contributed by atoms with Gasteiger partial charge in [-0.3, -0.25) is 0 Å². The molecule has 0 unspecified atom stereocenters. The lowest BCUT2D eigenvalue weighted by Gasteiger charge is -2.07. The minimum absolute atomic E-state index is 1.14. The highest BCUT2D eigenvalue weighted by Crippen LogP contribution is 2.06. The minimum atomic E-state index is 1.14. The van der Waals surface area contributed by atoms with Crippen molar-refractivity contribution < 1.29 is 0 Å². The van der Waals surface area contributed by atoms with Crippen LogP contribution < -0.4 is 10.4 Å². The van der Waals surface area contributed by atoms with Crippen LogP contribution in [0.1, 0.15) is 32.3 Å². The Labute approximate surface area is 79.6 Å². The van der Waals surface area contributed by atoms with Gasteiger partial charge in [-0.25, -0.2) is 0 Å². The third-order valence-electron chi connectivity index (χ3n) is 2.87. The number of benzene rings is 1. The van der Waals surface area contributed by atoms with E-state index >= 15 is 0 Å². The number of hydrogen-bond donors (Lipinski definition) is 0. The number of fused-ring (bicyclic) bond motifs is 1. The first-order chi connectivity index (χ1) is 6.31. The minimum Gasteiger partial charge on any atom is -0.0763 e. The summed E-state index contributed by atoms with van der Waals surface area (Å²) in [6, 6.07) is 6.85. The first-order valence-corrected chi connectivity index (χ1v) is 5.10. The highest BCUT2D eigenvalue weighted by molar-refractivity contribution is 5.49. The maximum absolute atomic E-state index is 2.35. The molecule has 1 aliphatic carbocycles. The first kappa shape index (κ1) is 8.55. The Kier molecular flexibility index (Phi) is 2.22. The smallest absolute Gasteiger partial charge is 0.0195 e. The normalized spacial score (nSPS) is 15.1. The van der Waals surface area contributed by atoms with Crippen LogP contribution in [0.4, 0.5) is 0 Å². The molecule has 0 radical (unpaired) electrons. The van der Waals surface area contributed by atoms with Crippen LogP contribution in [-0.2, 0) is 6.42 Å². The molecule has 0 N–H and O–H groups in total. The van der Waals surface area contributed by atoms with Crippen LogP contribution in [0, 0.1) is 0 Å². The van der Waals surface area contributed by atoms with Gasteiger partial charge in [-0.2, -0.15) is 0 Å². The van der Waals surface area contributed by atoms with E-state index in [1.807, 2.05) is 0 Å². The van der Waals surface area contributed by atoms with E-state index in [4.69, 9.17) is 0 Å². The highest BCUT2D eigenvalue weighted by Gasteiger charge is 1.99. The Balaban J connectivity index is 2.74. The van der Waals surface area contributed by atoms with Crippen molar-refractivity contribution in [3.63, 3.8) is 0 Å². The number of aryl methyl sites for hydroxylation is 1. The van der Waals surface area contributed by atoms with Crippen molar-refractivity contribution in [2.24, 2.45) is 0 Å². The molecular weight excluding hydrogens is 156 g/mol. The van der Waals surface area contributed by atoms with Gasteiger partial charge in [-0.15, -0.1) is 0 Å². The van der Waals surface area contributed by atoms with Gasteiger partial charge in [0.1, 0.15) is 0 Å². The Morgan fingerprint density at radius 2 is 2.15 bits per heavy atom. The van der Waals surface area contributed by atoms with Gasteiger partial charge in [-0.05, 0) is 42.2 Å². The van der Waals surface area contributed by atoms with Crippen LogP contribution in [0.15, 0.2) is 18.2 Å². The second-order valence-corrected chi connectivity index (χ2v) is 3.80. The Bertz CT molecular complexity index is 424. The van der Waals surface area contributed by atoms with Crippen molar-refractivity contribution >= 4 is 11.6 Å². The summed E-state index contributed by atoms with van der Waals surface area (Å²) < 4.78 is 0. The fourth-order valence-electron chi connectivity index (χ4n) is 1.95. The van der Waals surface area contributed by atoms with Gasteiger partial charge >= 0.3 is 0 Å². The summed E-state index contributed by atoms with van der Waals surface area (Å²) in [6.07, 6.45) is 5.94. The van der Waals surface area contributed by atoms with Crippen LogP contribution in [-0.4, -0.2) is 0 Å². The van der Waals surface area contributed by atoms with Crippen molar-refractivity contribution in [2.45, 2.75) is 33.1 Å². The van der Waals surface area contributed by atoms with Gasteiger partial charge in [0.25, 0.3) is 0 Å². The molecule has 1 aromatic rings. The third-order valence-corrected chi connectivity index (χ3v) is 2.87. The predicted octanol–water partition coefficient (Wildman–Crippen LogP) is 1.99. The molecule has 13 heavy (non-hydrogen) atoms. The van der Waals surface area contributed by atoms with Crippen molar-refractivity contribution in [3.05, 3.63) is 34.2 Å². The average Bonchev–Trinajstić information content (AvgIpc) is 2.18. The summed E-state index contributed by atoms with van der Waals surface area (Å²) in [5, 5.41) is 2.91. The lowest BCUT2D eigenvalue weighted by Crippen LogP contribution is -2.29. The van der Waals surface area contributed by atoms with Crippen molar-refractivity contribution in [1.29, 1.82) is 0 Å². The topological polar surface area (TPSA) is 0 Å². The van der Waals surface area contributed by atoms with E-state index in [1.165, 1.54) is 28.8 Å². The molecule has 68 valence electrons. The van der Waals surface area contributed by atoms with Gasteiger partial charge in [0.05, 0.1) is 0 Å². The Morgan fingerprint density at radius 1 is 1.31 bits per heavy atom. The van der Waals surface area contributed by atoms with E-state index in [9.17, 15) is 0 Å². The second kappa shape index (κ2) is 3.37. The molecule has 0 nitrogen and oxygen atoms in total. The van der Waals surface area contributed by atoms with Gasteiger partial charge < -0.3 is 0 Å². The maximum Gasteiger partial charge on any atom is -0.0195 e. The van der Waals surface area contributed by atoms with E-state index in [1.54, 1.807) is 5.57 Å². The molecule has 2 rings (SSSR count). The summed E-state index contributed by atoms with van der Waals surface area (Å²) in [5.74, 6) is 0. The van der Waals surface area contributed by atoms with Crippen LogP contribution >= 0.6 is 0 Å². The lowest BCUT2D eigenvalue weighted by molar-refractivity contribution is 1.05. The molecule has 0 fully saturated rings. The number of rotatable bonds is 1. The third kappa shape index (κ3) is 1.53. The fourth-order valence-corrected chi connectivity index (χ4v) is 1.95. The standard InChI is InChI=1S/C13H16/c1-3-11-7-8-12-6-4-5-10(2)13(12)9-11/h6-9H,3-5H2,1-2H3. The molecule has 0 spiro atoms. The molecule has 0 bridgehead atoms. The molecule has 0 saturated heterocycles. The van der Waals surface area contributed by atoms with Crippen LogP contribution in [0.3, 0.4) is 0 Å². The summed E-state index contributed by atoms with van der Waals surface area (Å²) in [4.78, 5) is 0. The molecule has 0 saturated carbocycles. The van der Waals surface area contributed by atoms with Gasteiger partial charge in [-0.1, -0.05) is 36.8 Å². The molecule has 1 aromatic carbocycles. The van der Waals surface area contributed by atoms with Crippen molar-refractivity contribution in [2.75, 3.05) is 0 Å². The molecule has 0 heteroatoms. The highest BCUT2D eigenvalue weighted by atomic mass is 14.0. The molecule has 0 aromatic heterocycles. The van der Waals surface area contributed by atoms with Gasteiger partial charge in [0.2, 0.25) is 0 Å². The zero-order chi connectivity index (χ0) is 9.26. The zero-order valence-electron chi connectivity index (χ0n) is 8.43. The van der Waals surface area contributed by atoms with E-state index in [2.05, 4.69) is 38.1 Å². The summed E-state index contributed by atoms with van der Waals surface area (Å²) in [5.41, 5.74) is 3.00. The first-order valence-electron chi connectivity index (χ1n) is 5.10. The van der Waals surface area contributed by atoms with Crippen LogP contribution in [0.2, 0.25) is 0 Å².